The van der Waals surface area contributed by atoms with Crippen molar-refractivity contribution in [3.8, 4) is 11.5 Å². The van der Waals surface area contributed by atoms with Crippen molar-refractivity contribution in [1.82, 2.24) is 5.43 Å². The molecule has 168 valence electrons. The molecule has 33 heavy (non-hydrogen) atoms. The summed E-state index contributed by atoms with van der Waals surface area (Å²) in [5.74, 6) is -1.00. The molecule has 0 atom stereocenters. The Hall–Kier alpha value is -4.66. The lowest BCUT2D eigenvalue weighted by molar-refractivity contribution is -0.136. The van der Waals surface area contributed by atoms with Gasteiger partial charge in [0.1, 0.15) is 11.5 Å². The molecule has 0 aliphatic heterocycles. The van der Waals surface area contributed by atoms with E-state index >= 15 is 0 Å². The molecule has 0 bridgehead atoms. The van der Waals surface area contributed by atoms with Gasteiger partial charge >= 0.3 is 11.8 Å². The van der Waals surface area contributed by atoms with Crippen LogP contribution in [0.25, 0.3) is 0 Å². The van der Waals surface area contributed by atoms with E-state index in [1.165, 1.54) is 13.3 Å². The van der Waals surface area contributed by atoms with Gasteiger partial charge in [-0.15, -0.1) is 0 Å². The van der Waals surface area contributed by atoms with Gasteiger partial charge in [0.15, 0.2) is 6.61 Å². The predicted octanol–water partition coefficient (Wildman–Crippen LogP) is 2.80. The van der Waals surface area contributed by atoms with Gasteiger partial charge in [-0.1, -0.05) is 30.3 Å². The quantitative estimate of drug-likeness (QED) is 0.279. The van der Waals surface area contributed by atoms with Crippen LogP contribution in [0.2, 0.25) is 0 Å². The van der Waals surface area contributed by atoms with Crippen LogP contribution < -0.4 is 25.5 Å². The maximum absolute atomic E-state index is 12.0. The number of anilines is 2. The summed E-state index contributed by atoms with van der Waals surface area (Å²) in [7, 11) is 1.53. The Morgan fingerprint density at radius 2 is 1.55 bits per heavy atom. The Kier molecular flexibility index (Phi) is 8.13. The fourth-order valence-electron chi connectivity index (χ4n) is 2.63. The molecule has 0 saturated heterocycles. The van der Waals surface area contributed by atoms with E-state index in [1.54, 1.807) is 60.7 Å². The number of para-hydroxylation sites is 1. The van der Waals surface area contributed by atoms with Gasteiger partial charge in [0.05, 0.1) is 13.3 Å². The molecule has 9 heteroatoms. The Morgan fingerprint density at radius 3 is 2.27 bits per heavy atom. The van der Waals surface area contributed by atoms with Gasteiger partial charge in [0.2, 0.25) is 0 Å². The van der Waals surface area contributed by atoms with Crippen LogP contribution in [0.1, 0.15) is 5.56 Å². The van der Waals surface area contributed by atoms with Crippen LogP contribution in [0.4, 0.5) is 11.4 Å². The van der Waals surface area contributed by atoms with E-state index in [1.807, 2.05) is 18.2 Å². The molecule has 0 aliphatic carbocycles. The molecule has 0 radical (unpaired) electrons. The van der Waals surface area contributed by atoms with E-state index in [0.717, 1.165) is 0 Å². The van der Waals surface area contributed by atoms with Crippen LogP contribution in [0.3, 0.4) is 0 Å². The number of hydrogen-bond acceptors (Lipinski definition) is 6. The van der Waals surface area contributed by atoms with Gasteiger partial charge in [0, 0.05) is 11.4 Å². The third-order valence-corrected chi connectivity index (χ3v) is 4.22. The van der Waals surface area contributed by atoms with E-state index in [-0.39, 0.29) is 12.5 Å². The Labute approximate surface area is 190 Å². The molecular formula is C24H22N4O5. The third-order valence-electron chi connectivity index (χ3n) is 4.22. The minimum absolute atomic E-state index is 0.169. The second kappa shape index (κ2) is 11.7. The topological polar surface area (TPSA) is 118 Å². The SMILES string of the molecule is COc1ccc(NC(=O)C(=O)N/N=C\c2cccc(OCC(=O)Nc3ccccc3)c2)cc1. The second-order valence-corrected chi connectivity index (χ2v) is 6.66. The standard InChI is InChI=1S/C24H22N4O5/c1-32-20-12-10-19(11-13-20)27-23(30)24(31)28-25-15-17-6-5-9-21(14-17)33-16-22(29)26-18-7-3-2-4-8-18/h2-15H,16H2,1H3,(H,26,29)(H,27,30)(H,28,31)/b25-15-. The molecule has 0 saturated carbocycles. The van der Waals surface area contributed by atoms with Crippen molar-refractivity contribution in [3.63, 3.8) is 0 Å². The summed E-state index contributed by atoms with van der Waals surface area (Å²) in [5.41, 5.74) is 3.89. The van der Waals surface area contributed by atoms with Crippen molar-refractivity contribution in [1.29, 1.82) is 0 Å². The molecule has 0 fully saturated rings. The first kappa shape index (κ1) is 23.0. The largest absolute Gasteiger partial charge is 0.497 e. The summed E-state index contributed by atoms with van der Waals surface area (Å²) in [4.78, 5) is 35.9. The molecule has 0 aliphatic rings. The molecule has 3 aromatic carbocycles. The Bertz CT molecular complexity index is 1130. The average molecular weight is 446 g/mol. The normalized spacial score (nSPS) is 10.3. The molecule has 0 unspecified atom stereocenters. The van der Waals surface area contributed by atoms with Gasteiger partial charge in [0.25, 0.3) is 5.91 Å². The number of hydrogen-bond donors (Lipinski definition) is 3. The maximum atomic E-state index is 12.0. The van der Waals surface area contributed by atoms with E-state index in [9.17, 15) is 14.4 Å². The number of ether oxygens (including phenoxy) is 2. The van der Waals surface area contributed by atoms with Gasteiger partial charge in [-0.05, 0) is 54.1 Å². The van der Waals surface area contributed by atoms with Gasteiger partial charge in [-0.3, -0.25) is 14.4 Å². The first-order valence-corrected chi connectivity index (χ1v) is 9.89. The predicted molar refractivity (Wildman–Crippen MR) is 124 cm³/mol. The van der Waals surface area contributed by atoms with Crippen molar-refractivity contribution in [2.24, 2.45) is 5.10 Å². The van der Waals surface area contributed by atoms with Crippen LogP contribution in [-0.2, 0) is 14.4 Å². The number of nitrogens with one attached hydrogen (secondary N) is 3. The van der Waals surface area contributed by atoms with Crippen LogP contribution >= 0.6 is 0 Å². The number of methoxy groups -OCH3 is 1. The summed E-state index contributed by atoms with van der Waals surface area (Å²) in [6.07, 6.45) is 1.36. The zero-order valence-electron chi connectivity index (χ0n) is 17.8. The van der Waals surface area contributed by atoms with E-state index < -0.39 is 11.8 Å². The number of nitrogens with zero attached hydrogens (tertiary/aromatic N) is 1. The molecule has 0 heterocycles. The third kappa shape index (κ3) is 7.51. The van der Waals surface area contributed by atoms with Crippen molar-refractivity contribution in [2.75, 3.05) is 24.4 Å². The van der Waals surface area contributed by atoms with Gasteiger partial charge in [-0.2, -0.15) is 5.10 Å². The fourth-order valence-corrected chi connectivity index (χ4v) is 2.63. The minimum atomic E-state index is -0.924. The molecule has 3 rings (SSSR count). The van der Waals surface area contributed by atoms with Crippen molar-refractivity contribution in [2.45, 2.75) is 0 Å². The lowest BCUT2D eigenvalue weighted by atomic mass is 10.2. The van der Waals surface area contributed by atoms with Crippen LogP contribution in [0.5, 0.6) is 11.5 Å². The first-order chi connectivity index (χ1) is 16.0. The van der Waals surface area contributed by atoms with E-state index in [2.05, 4.69) is 21.2 Å². The number of rotatable bonds is 8. The summed E-state index contributed by atoms with van der Waals surface area (Å²) in [6, 6.07) is 22.4. The highest BCUT2D eigenvalue weighted by molar-refractivity contribution is 6.39. The first-order valence-electron chi connectivity index (χ1n) is 9.89. The summed E-state index contributed by atoms with van der Waals surface area (Å²) >= 11 is 0. The highest BCUT2D eigenvalue weighted by atomic mass is 16.5. The number of benzene rings is 3. The fraction of sp³-hybridized carbons (Fsp3) is 0.0833. The molecule has 0 spiro atoms. The molecule has 3 N–H and O–H groups in total. The Morgan fingerprint density at radius 1 is 0.818 bits per heavy atom. The maximum Gasteiger partial charge on any atom is 0.329 e. The Balaban J connectivity index is 1.46. The number of amides is 3. The summed E-state index contributed by atoms with van der Waals surface area (Å²) < 4.78 is 10.5. The number of carbonyl (C=O) groups is 3. The molecule has 3 amide bonds. The van der Waals surface area contributed by atoms with Crippen molar-refractivity contribution in [3.05, 3.63) is 84.4 Å². The second-order valence-electron chi connectivity index (χ2n) is 6.66. The number of carbonyl (C=O) groups excluding carboxylic acids is 3. The summed E-state index contributed by atoms with van der Waals surface area (Å²) in [5, 5.41) is 8.97. The van der Waals surface area contributed by atoms with Crippen LogP contribution in [0, 0.1) is 0 Å². The van der Waals surface area contributed by atoms with E-state index in [4.69, 9.17) is 9.47 Å². The molecule has 3 aromatic rings. The lowest BCUT2D eigenvalue weighted by Crippen LogP contribution is -2.32. The van der Waals surface area contributed by atoms with Crippen LogP contribution in [0.15, 0.2) is 84.0 Å². The zero-order chi connectivity index (χ0) is 23.5. The molecular weight excluding hydrogens is 424 g/mol. The zero-order valence-corrected chi connectivity index (χ0v) is 17.8. The molecule has 0 aromatic heterocycles. The minimum Gasteiger partial charge on any atom is -0.497 e. The average Bonchev–Trinajstić information content (AvgIpc) is 2.84. The highest BCUT2D eigenvalue weighted by Gasteiger charge is 2.12. The van der Waals surface area contributed by atoms with Crippen LogP contribution in [-0.4, -0.2) is 37.7 Å². The summed E-state index contributed by atoms with van der Waals surface area (Å²) in [6.45, 7) is -0.169. The van der Waals surface area contributed by atoms with E-state index in [0.29, 0.717) is 28.4 Å². The van der Waals surface area contributed by atoms with Gasteiger partial charge in [-0.25, -0.2) is 5.43 Å². The van der Waals surface area contributed by atoms with Crippen molar-refractivity contribution < 1.29 is 23.9 Å². The smallest absolute Gasteiger partial charge is 0.329 e. The van der Waals surface area contributed by atoms with Gasteiger partial charge < -0.3 is 20.1 Å². The lowest BCUT2D eigenvalue weighted by Gasteiger charge is -2.08. The molecule has 9 nitrogen and oxygen atoms in total. The monoisotopic (exact) mass is 446 g/mol. The number of hydrazone groups is 1. The highest BCUT2D eigenvalue weighted by Crippen LogP contribution is 2.15. The van der Waals surface area contributed by atoms with Crippen molar-refractivity contribution >= 4 is 35.3 Å².